The summed E-state index contributed by atoms with van der Waals surface area (Å²) >= 11 is 0. The smallest absolute Gasteiger partial charge is 0.303 e. The van der Waals surface area contributed by atoms with Crippen LogP contribution in [-0.2, 0) is 9.13 Å². The molecule has 0 spiro atoms. The second-order valence-electron chi connectivity index (χ2n) is 1.93. The summed E-state index contributed by atoms with van der Waals surface area (Å²) in [6.45, 7) is 0. The maximum Gasteiger partial charge on any atom is 0.466 e. The molecule has 0 aromatic carbocycles. The molecule has 12 heteroatoms. The maximum atomic E-state index is 8.88. The van der Waals surface area contributed by atoms with E-state index in [1.54, 1.807) is 18.5 Å². The van der Waals surface area contributed by atoms with Crippen LogP contribution in [0, 0.1) is 0 Å². The molecule has 1 rings (SSSR count). The standard InChI is InChI=1S/C4H4N2.2H3O4P/c1-2-5-4-6-3-1;2*1-5(2,3)4/h1-4H;2*(H3,1,2,3,4). The summed E-state index contributed by atoms with van der Waals surface area (Å²) in [6.07, 6.45) is 4.88. The van der Waals surface area contributed by atoms with E-state index in [9.17, 15) is 0 Å². The lowest BCUT2D eigenvalue weighted by molar-refractivity contribution is 0.272. The van der Waals surface area contributed by atoms with Crippen molar-refractivity contribution in [3.05, 3.63) is 24.8 Å². The van der Waals surface area contributed by atoms with Gasteiger partial charge in [0.2, 0.25) is 0 Å². The Morgan fingerprint density at radius 1 is 0.750 bits per heavy atom. The Bertz CT molecular complexity index is 283. The van der Waals surface area contributed by atoms with Gasteiger partial charge >= 0.3 is 15.6 Å². The zero-order chi connectivity index (χ0) is 13.2. The quantitative estimate of drug-likeness (QED) is 0.309. The van der Waals surface area contributed by atoms with Crippen molar-refractivity contribution in [2.75, 3.05) is 0 Å². The minimum atomic E-state index is -4.64. The largest absolute Gasteiger partial charge is 0.466 e. The van der Waals surface area contributed by atoms with Crippen LogP contribution in [0.15, 0.2) is 24.8 Å². The van der Waals surface area contributed by atoms with E-state index < -0.39 is 15.6 Å². The predicted octanol–water partition coefficient (Wildman–Crippen LogP) is -1.38. The summed E-state index contributed by atoms with van der Waals surface area (Å²) in [4.78, 5) is 50.5. The molecule has 0 radical (unpaired) electrons. The van der Waals surface area contributed by atoms with E-state index in [4.69, 9.17) is 38.5 Å². The van der Waals surface area contributed by atoms with E-state index in [-0.39, 0.29) is 0 Å². The first kappa shape index (κ1) is 17.7. The van der Waals surface area contributed by atoms with Crippen LogP contribution in [0.4, 0.5) is 0 Å². The summed E-state index contributed by atoms with van der Waals surface area (Å²) in [6, 6.07) is 1.78. The molecule has 6 N–H and O–H groups in total. The Labute approximate surface area is 89.7 Å². The number of nitrogens with zero attached hydrogens (tertiary/aromatic N) is 2. The van der Waals surface area contributed by atoms with Gasteiger partial charge in [-0.05, 0) is 6.07 Å². The molecule has 0 aliphatic rings. The van der Waals surface area contributed by atoms with Gasteiger partial charge in [0, 0.05) is 12.4 Å². The number of phosphoric acid groups is 2. The number of hydrogen-bond acceptors (Lipinski definition) is 4. The molecule has 0 fully saturated rings. The monoisotopic (exact) mass is 276 g/mol. The van der Waals surface area contributed by atoms with E-state index in [2.05, 4.69) is 9.97 Å². The molecule has 0 amide bonds. The molecule has 0 aliphatic heterocycles. The lowest BCUT2D eigenvalue weighted by Crippen LogP contribution is -1.66. The van der Waals surface area contributed by atoms with Crippen molar-refractivity contribution >= 4 is 15.6 Å². The Hall–Kier alpha value is -0.700. The van der Waals surface area contributed by atoms with E-state index in [0.717, 1.165) is 0 Å². The van der Waals surface area contributed by atoms with E-state index in [1.807, 2.05) is 0 Å². The topological polar surface area (TPSA) is 181 Å². The maximum absolute atomic E-state index is 8.88. The van der Waals surface area contributed by atoms with Gasteiger partial charge in [-0.25, -0.2) is 19.1 Å². The lowest BCUT2D eigenvalue weighted by atomic mass is 10.7. The highest BCUT2D eigenvalue weighted by atomic mass is 31.2. The van der Waals surface area contributed by atoms with Crippen molar-refractivity contribution in [2.24, 2.45) is 0 Å². The first-order chi connectivity index (χ1) is 7.00. The second kappa shape index (κ2) is 8.45. The highest BCUT2D eigenvalue weighted by Gasteiger charge is 2.00. The lowest BCUT2D eigenvalue weighted by Gasteiger charge is -1.82. The van der Waals surface area contributed by atoms with Crippen molar-refractivity contribution in [3.8, 4) is 0 Å². The Morgan fingerprint density at radius 2 is 1.00 bits per heavy atom. The summed E-state index contributed by atoms with van der Waals surface area (Å²) < 4.78 is 17.8. The van der Waals surface area contributed by atoms with E-state index >= 15 is 0 Å². The van der Waals surface area contributed by atoms with Crippen molar-refractivity contribution in [1.82, 2.24) is 9.97 Å². The van der Waals surface area contributed by atoms with Gasteiger partial charge < -0.3 is 29.4 Å². The van der Waals surface area contributed by atoms with E-state index in [1.165, 1.54) is 6.33 Å². The van der Waals surface area contributed by atoms with Gasteiger partial charge in [0.15, 0.2) is 0 Å². The number of rotatable bonds is 0. The van der Waals surface area contributed by atoms with Crippen molar-refractivity contribution < 1.29 is 38.5 Å². The highest BCUT2D eigenvalue weighted by Crippen LogP contribution is 2.26. The Kier molecular flexibility index (Phi) is 9.34. The molecule has 94 valence electrons. The average molecular weight is 276 g/mol. The van der Waals surface area contributed by atoms with Crippen LogP contribution in [0.3, 0.4) is 0 Å². The molecule has 16 heavy (non-hydrogen) atoms. The van der Waals surface area contributed by atoms with Crippen molar-refractivity contribution in [3.63, 3.8) is 0 Å². The number of aromatic nitrogens is 2. The summed E-state index contributed by atoms with van der Waals surface area (Å²) in [5.74, 6) is 0. The predicted molar refractivity (Wildman–Crippen MR) is 50.6 cm³/mol. The number of hydrogen-bond donors (Lipinski definition) is 6. The summed E-state index contributed by atoms with van der Waals surface area (Å²) in [5.41, 5.74) is 0. The van der Waals surface area contributed by atoms with Crippen LogP contribution >= 0.6 is 15.6 Å². The molecule has 10 nitrogen and oxygen atoms in total. The Morgan fingerprint density at radius 3 is 1.06 bits per heavy atom. The van der Waals surface area contributed by atoms with Gasteiger partial charge in [0.05, 0.1) is 0 Å². The van der Waals surface area contributed by atoms with E-state index in [0.29, 0.717) is 0 Å². The van der Waals surface area contributed by atoms with Gasteiger partial charge in [-0.3, -0.25) is 0 Å². The molecule has 1 aromatic rings. The molecule has 0 saturated heterocycles. The molecule has 0 atom stereocenters. The fourth-order valence-corrected chi connectivity index (χ4v) is 0.253. The average Bonchev–Trinajstić information content (AvgIpc) is 2.01. The van der Waals surface area contributed by atoms with Crippen molar-refractivity contribution in [2.45, 2.75) is 0 Å². The van der Waals surface area contributed by atoms with Crippen LogP contribution < -0.4 is 0 Å². The zero-order valence-corrected chi connectivity index (χ0v) is 9.39. The van der Waals surface area contributed by atoms with Gasteiger partial charge in [0.1, 0.15) is 6.33 Å². The van der Waals surface area contributed by atoms with Crippen LogP contribution in [0.25, 0.3) is 0 Å². The third-order valence-corrected chi connectivity index (χ3v) is 0.478. The minimum absolute atomic E-state index is 1.50. The van der Waals surface area contributed by atoms with Crippen molar-refractivity contribution in [1.29, 1.82) is 0 Å². The summed E-state index contributed by atoms with van der Waals surface area (Å²) in [7, 11) is -9.28. The summed E-state index contributed by atoms with van der Waals surface area (Å²) in [5, 5.41) is 0. The van der Waals surface area contributed by atoms with Crippen LogP contribution in [0.5, 0.6) is 0 Å². The normalized spacial score (nSPS) is 10.4. The van der Waals surface area contributed by atoms with Gasteiger partial charge in [0.25, 0.3) is 0 Å². The van der Waals surface area contributed by atoms with Gasteiger partial charge in [-0.15, -0.1) is 0 Å². The Balaban J connectivity index is 0. The molecule has 1 heterocycles. The molecule has 0 bridgehead atoms. The first-order valence-corrected chi connectivity index (χ1v) is 6.39. The van der Waals surface area contributed by atoms with Crippen LogP contribution in [0.1, 0.15) is 0 Å². The SMILES string of the molecule is O=P(O)(O)O.O=P(O)(O)O.c1cncnc1. The van der Waals surface area contributed by atoms with Crippen LogP contribution in [0.2, 0.25) is 0 Å². The molecule has 0 unspecified atom stereocenters. The molecule has 1 aromatic heterocycles. The van der Waals surface area contributed by atoms with Crippen LogP contribution in [-0.4, -0.2) is 39.3 Å². The first-order valence-electron chi connectivity index (χ1n) is 3.26. The minimum Gasteiger partial charge on any atom is -0.303 e. The van der Waals surface area contributed by atoms with Gasteiger partial charge in [-0.1, -0.05) is 0 Å². The fourth-order valence-electron chi connectivity index (χ4n) is 0.253. The van der Waals surface area contributed by atoms with Gasteiger partial charge in [-0.2, -0.15) is 0 Å². The molecular weight excluding hydrogens is 266 g/mol. The third-order valence-electron chi connectivity index (χ3n) is 0.478. The second-order valence-corrected chi connectivity index (χ2v) is 3.98. The highest BCUT2D eigenvalue weighted by molar-refractivity contribution is 7.45. The fraction of sp³-hybridized carbons (Fsp3) is 0. The third kappa shape index (κ3) is 71.6. The molecule has 0 saturated carbocycles. The zero-order valence-electron chi connectivity index (χ0n) is 7.60. The molecule has 0 aliphatic carbocycles. The molecular formula is C4H10N2O8P2.